The van der Waals surface area contributed by atoms with E-state index >= 15 is 0 Å². The summed E-state index contributed by atoms with van der Waals surface area (Å²) in [5.74, 6) is 1.26. The first-order valence-electron chi connectivity index (χ1n) is 8.79. The lowest BCUT2D eigenvalue weighted by atomic mass is 10.0. The highest BCUT2D eigenvalue weighted by Crippen LogP contribution is 2.28. The lowest BCUT2D eigenvalue weighted by Crippen LogP contribution is -2.37. The van der Waals surface area contributed by atoms with Crippen molar-refractivity contribution in [3.63, 3.8) is 0 Å². The first-order chi connectivity index (χ1) is 12.8. The third kappa shape index (κ3) is 6.30. The van der Waals surface area contributed by atoms with Crippen molar-refractivity contribution in [1.82, 2.24) is 10.2 Å². The van der Waals surface area contributed by atoms with E-state index in [1.807, 2.05) is 69.2 Å². The SMILES string of the molecule is COc1ccccc1C(CNC(=O)COc1cc(C)c(Cl)c(C)c1)N(C)C.Cl. The number of para-hydroxylation sites is 1. The molecular formula is C21H28Cl2N2O3. The van der Waals surface area contributed by atoms with Crippen molar-refractivity contribution in [3.05, 3.63) is 58.1 Å². The summed E-state index contributed by atoms with van der Waals surface area (Å²) in [6, 6.07) is 11.5. The van der Waals surface area contributed by atoms with E-state index in [0.29, 0.717) is 12.3 Å². The van der Waals surface area contributed by atoms with Crippen LogP contribution in [0.4, 0.5) is 0 Å². The van der Waals surface area contributed by atoms with Gasteiger partial charge in [-0.3, -0.25) is 4.79 Å². The number of ether oxygens (including phenoxy) is 2. The molecule has 0 aliphatic rings. The van der Waals surface area contributed by atoms with Crippen LogP contribution in [0.5, 0.6) is 11.5 Å². The van der Waals surface area contributed by atoms with Gasteiger partial charge in [-0.25, -0.2) is 0 Å². The summed E-state index contributed by atoms with van der Waals surface area (Å²) in [7, 11) is 5.59. The lowest BCUT2D eigenvalue weighted by Gasteiger charge is -2.26. The Hall–Kier alpha value is -1.95. The fraction of sp³-hybridized carbons (Fsp3) is 0.381. The molecule has 0 aromatic heterocycles. The second-order valence-electron chi connectivity index (χ2n) is 6.69. The van der Waals surface area contributed by atoms with Crippen LogP contribution in [0.3, 0.4) is 0 Å². The molecule has 0 saturated carbocycles. The maximum Gasteiger partial charge on any atom is 0.258 e. The number of amides is 1. The number of hydrogen-bond acceptors (Lipinski definition) is 4. The standard InChI is InChI=1S/C21H27ClN2O3.ClH/c1-14-10-16(11-15(2)21(14)22)27-13-20(25)23-12-18(24(3)4)17-8-6-7-9-19(17)26-5;/h6-11,18H,12-13H2,1-5H3,(H,23,25);1H. The molecule has 1 unspecified atom stereocenters. The Morgan fingerprint density at radius 1 is 1.18 bits per heavy atom. The number of halogens is 2. The number of nitrogens with zero attached hydrogens (tertiary/aromatic N) is 1. The number of rotatable bonds is 8. The number of likely N-dealkylation sites (N-methyl/N-ethyl adjacent to an activating group) is 1. The molecule has 7 heteroatoms. The molecule has 0 spiro atoms. The fourth-order valence-electron chi connectivity index (χ4n) is 2.91. The molecule has 0 bridgehead atoms. The van der Waals surface area contributed by atoms with Gasteiger partial charge in [0.2, 0.25) is 0 Å². The van der Waals surface area contributed by atoms with Gasteiger partial charge < -0.3 is 19.7 Å². The highest BCUT2D eigenvalue weighted by atomic mass is 35.5. The smallest absolute Gasteiger partial charge is 0.258 e. The van der Waals surface area contributed by atoms with Crippen LogP contribution in [-0.2, 0) is 4.79 Å². The molecule has 5 nitrogen and oxygen atoms in total. The molecule has 28 heavy (non-hydrogen) atoms. The topological polar surface area (TPSA) is 50.8 Å². The highest BCUT2D eigenvalue weighted by molar-refractivity contribution is 6.32. The summed E-state index contributed by atoms with van der Waals surface area (Å²) in [5, 5.41) is 3.66. The summed E-state index contributed by atoms with van der Waals surface area (Å²) in [4.78, 5) is 14.3. The number of hydrogen-bond donors (Lipinski definition) is 1. The van der Waals surface area contributed by atoms with Crippen LogP contribution in [0.1, 0.15) is 22.7 Å². The van der Waals surface area contributed by atoms with E-state index in [4.69, 9.17) is 21.1 Å². The molecule has 154 valence electrons. The second-order valence-corrected chi connectivity index (χ2v) is 7.06. The molecule has 0 saturated heterocycles. The second kappa shape index (κ2) is 11.1. The monoisotopic (exact) mass is 426 g/mol. The van der Waals surface area contributed by atoms with E-state index < -0.39 is 0 Å². The fourth-order valence-corrected chi connectivity index (χ4v) is 3.02. The van der Waals surface area contributed by atoms with Gasteiger partial charge in [0.15, 0.2) is 6.61 Å². The first-order valence-corrected chi connectivity index (χ1v) is 9.16. The van der Waals surface area contributed by atoms with Crippen molar-refractivity contribution in [2.75, 3.05) is 34.4 Å². The third-order valence-corrected chi connectivity index (χ3v) is 4.99. The Morgan fingerprint density at radius 2 is 1.79 bits per heavy atom. The molecule has 0 radical (unpaired) electrons. The maximum absolute atomic E-state index is 12.3. The molecule has 0 aliphatic heterocycles. The lowest BCUT2D eigenvalue weighted by molar-refractivity contribution is -0.123. The van der Waals surface area contributed by atoms with E-state index in [-0.39, 0.29) is 31.0 Å². The van der Waals surface area contributed by atoms with Crippen molar-refractivity contribution in [2.24, 2.45) is 0 Å². The molecule has 2 rings (SSSR count). The van der Waals surface area contributed by atoms with Crippen LogP contribution in [0.2, 0.25) is 5.02 Å². The molecule has 1 N–H and O–H groups in total. The minimum absolute atomic E-state index is 0. The predicted octanol–water partition coefficient (Wildman–Crippen LogP) is 4.19. The molecule has 1 amide bonds. The van der Waals surface area contributed by atoms with Gasteiger partial charge in [-0.15, -0.1) is 12.4 Å². The summed E-state index contributed by atoms with van der Waals surface area (Å²) < 4.78 is 11.1. The first kappa shape index (κ1) is 24.1. The molecule has 2 aromatic rings. The van der Waals surface area contributed by atoms with Crippen LogP contribution >= 0.6 is 24.0 Å². The van der Waals surface area contributed by atoms with E-state index in [9.17, 15) is 4.79 Å². The highest BCUT2D eigenvalue weighted by Gasteiger charge is 2.19. The zero-order valence-corrected chi connectivity index (χ0v) is 18.5. The van der Waals surface area contributed by atoms with Crippen molar-refractivity contribution in [1.29, 1.82) is 0 Å². The molecule has 2 aromatic carbocycles. The number of aryl methyl sites for hydroxylation is 2. The van der Waals surface area contributed by atoms with Gasteiger partial charge in [0, 0.05) is 17.1 Å². The molecule has 0 fully saturated rings. The average molecular weight is 427 g/mol. The predicted molar refractivity (Wildman–Crippen MR) is 116 cm³/mol. The van der Waals surface area contributed by atoms with Crippen molar-refractivity contribution in [3.8, 4) is 11.5 Å². The zero-order valence-electron chi connectivity index (χ0n) is 16.9. The quantitative estimate of drug-likeness (QED) is 0.687. The van der Waals surface area contributed by atoms with E-state index in [1.54, 1.807) is 7.11 Å². The number of carbonyl (C=O) groups is 1. The van der Waals surface area contributed by atoms with Crippen LogP contribution < -0.4 is 14.8 Å². The van der Waals surface area contributed by atoms with Gasteiger partial charge >= 0.3 is 0 Å². The van der Waals surface area contributed by atoms with E-state index in [2.05, 4.69) is 5.32 Å². The maximum atomic E-state index is 12.3. The van der Waals surface area contributed by atoms with Crippen molar-refractivity contribution < 1.29 is 14.3 Å². The summed E-state index contributed by atoms with van der Waals surface area (Å²) in [6.45, 7) is 4.23. The molecular weight excluding hydrogens is 399 g/mol. The third-order valence-electron chi connectivity index (χ3n) is 4.39. The summed E-state index contributed by atoms with van der Waals surface area (Å²) in [6.07, 6.45) is 0. The van der Waals surface area contributed by atoms with Gasteiger partial charge in [0.05, 0.1) is 13.2 Å². The van der Waals surface area contributed by atoms with Crippen LogP contribution in [0, 0.1) is 13.8 Å². The van der Waals surface area contributed by atoms with Gasteiger partial charge in [0.1, 0.15) is 11.5 Å². The Morgan fingerprint density at radius 3 is 2.36 bits per heavy atom. The Kier molecular flexibility index (Phi) is 9.59. The molecule has 0 aliphatic carbocycles. The normalized spacial score (nSPS) is 11.5. The largest absolute Gasteiger partial charge is 0.496 e. The minimum atomic E-state index is -0.179. The van der Waals surface area contributed by atoms with Gasteiger partial charge in [-0.05, 0) is 57.3 Å². The van der Waals surface area contributed by atoms with Crippen LogP contribution in [-0.4, -0.2) is 45.2 Å². The van der Waals surface area contributed by atoms with Crippen molar-refractivity contribution >= 4 is 29.9 Å². The van der Waals surface area contributed by atoms with Crippen molar-refractivity contribution in [2.45, 2.75) is 19.9 Å². The minimum Gasteiger partial charge on any atom is -0.496 e. The van der Waals surface area contributed by atoms with Crippen LogP contribution in [0.15, 0.2) is 36.4 Å². The van der Waals surface area contributed by atoms with Gasteiger partial charge in [-0.1, -0.05) is 29.8 Å². The molecule has 0 heterocycles. The number of methoxy groups -OCH3 is 1. The summed E-state index contributed by atoms with van der Waals surface area (Å²) >= 11 is 6.16. The Bertz CT molecular complexity index is 774. The molecule has 1 atom stereocenters. The average Bonchev–Trinajstić information content (AvgIpc) is 2.64. The van der Waals surface area contributed by atoms with Crippen LogP contribution in [0.25, 0.3) is 0 Å². The van der Waals surface area contributed by atoms with E-state index in [0.717, 1.165) is 27.5 Å². The number of benzene rings is 2. The van der Waals surface area contributed by atoms with Gasteiger partial charge in [-0.2, -0.15) is 0 Å². The zero-order chi connectivity index (χ0) is 20.0. The van der Waals surface area contributed by atoms with E-state index in [1.165, 1.54) is 0 Å². The summed E-state index contributed by atoms with van der Waals surface area (Å²) in [5.41, 5.74) is 2.88. The van der Waals surface area contributed by atoms with Gasteiger partial charge in [0.25, 0.3) is 5.91 Å². The number of carbonyl (C=O) groups excluding carboxylic acids is 1. The Labute approximate surface area is 178 Å². The Balaban J connectivity index is 0.00000392. The number of nitrogens with one attached hydrogen (secondary N) is 1.